The lowest BCUT2D eigenvalue weighted by Gasteiger charge is -2.29. The second kappa shape index (κ2) is 7.60. The van der Waals surface area contributed by atoms with Gasteiger partial charge in [-0.3, -0.25) is 4.79 Å². The molecule has 1 fully saturated rings. The van der Waals surface area contributed by atoms with Gasteiger partial charge in [0.25, 0.3) is 0 Å². The van der Waals surface area contributed by atoms with Crippen LogP contribution in [0.5, 0.6) is 11.5 Å². The lowest BCUT2D eigenvalue weighted by atomic mass is 9.97. The van der Waals surface area contributed by atoms with E-state index in [1.807, 2.05) is 6.07 Å². The first-order chi connectivity index (χ1) is 10.6. The van der Waals surface area contributed by atoms with Gasteiger partial charge in [0.15, 0.2) is 11.5 Å². The topological polar surface area (TPSA) is 73.6 Å². The van der Waals surface area contributed by atoms with Crippen molar-refractivity contribution < 1.29 is 14.3 Å². The minimum absolute atomic E-state index is 0. The summed E-state index contributed by atoms with van der Waals surface area (Å²) in [5.74, 6) is 1.14. The fraction of sp³-hybridized carbons (Fsp3) is 0.562. The van der Waals surface area contributed by atoms with Crippen molar-refractivity contribution in [2.24, 2.45) is 5.73 Å². The lowest BCUT2D eigenvalue weighted by Crippen LogP contribution is -2.52. The van der Waals surface area contributed by atoms with Gasteiger partial charge in [-0.15, -0.1) is 12.4 Å². The Morgan fingerprint density at radius 1 is 1.26 bits per heavy atom. The number of fused-ring (bicyclic) bond motifs is 1. The van der Waals surface area contributed by atoms with Gasteiger partial charge < -0.3 is 20.5 Å². The second-order valence-corrected chi connectivity index (χ2v) is 6.43. The molecule has 0 atom stereocenters. The highest BCUT2D eigenvalue weighted by atomic mass is 35.5. The standard InChI is InChI=1S/C16H21ClN2O3.ClH/c17-12-7-11(8-13-15(12)22-6-5-21-13)9-14(20)19-16(10-18)3-1-2-4-16;/h7-8H,1-6,9-10,18H2,(H,19,20);1H. The van der Waals surface area contributed by atoms with E-state index < -0.39 is 0 Å². The summed E-state index contributed by atoms with van der Waals surface area (Å²) in [5.41, 5.74) is 6.44. The summed E-state index contributed by atoms with van der Waals surface area (Å²) in [6.07, 6.45) is 4.41. The van der Waals surface area contributed by atoms with Crippen LogP contribution >= 0.6 is 24.0 Å². The van der Waals surface area contributed by atoms with E-state index in [0.29, 0.717) is 36.3 Å². The molecule has 1 aliphatic carbocycles. The molecule has 128 valence electrons. The number of ether oxygens (including phenoxy) is 2. The number of rotatable bonds is 4. The van der Waals surface area contributed by atoms with E-state index in [2.05, 4.69) is 5.32 Å². The van der Waals surface area contributed by atoms with Gasteiger partial charge >= 0.3 is 0 Å². The Balaban J connectivity index is 0.00000192. The van der Waals surface area contributed by atoms with E-state index in [1.165, 1.54) is 0 Å². The number of amides is 1. The van der Waals surface area contributed by atoms with Gasteiger partial charge in [0.2, 0.25) is 5.91 Å². The molecule has 5 nitrogen and oxygen atoms in total. The zero-order valence-corrected chi connectivity index (χ0v) is 14.5. The molecule has 2 aliphatic rings. The summed E-state index contributed by atoms with van der Waals surface area (Å²) in [7, 11) is 0. The van der Waals surface area contributed by atoms with Crippen molar-refractivity contribution in [2.45, 2.75) is 37.6 Å². The van der Waals surface area contributed by atoms with Crippen LogP contribution in [0.4, 0.5) is 0 Å². The number of nitrogens with two attached hydrogens (primary N) is 1. The van der Waals surface area contributed by atoms with Crippen LogP contribution in [0.25, 0.3) is 0 Å². The molecule has 3 N–H and O–H groups in total. The van der Waals surface area contributed by atoms with Crippen molar-refractivity contribution in [3.8, 4) is 11.5 Å². The number of halogens is 2. The third-order valence-corrected chi connectivity index (χ3v) is 4.66. The Labute approximate surface area is 147 Å². The minimum Gasteiger partial charge on any atom is -0.486 e. The number of hydrogen-bond donors (Lipinski definition) is 2. The molecule has 7 heteroatoms. The molecule has 1 aromatic rings. The van der Waals surface area contributed by atoms with Crippen molar-refractivity contribution >= 4 is 29.9 Å². The van der Waals surface area contributed by atoms with E-state index in [9.17, 15) is 4.79 Å². The zero-order valence-electron chi connectivity index (χ0n) is 12.9. The van der Waals surface area contributed by atoms with Crippen LogP contribution in [-0.2, 0) is 11.2 Å². The van der Waals surface area contributed by atoms with Gasteiger partial charge in [0.1, 0.15) is 13.2 Å². The minimum atomic E-state index is -0.227. The van der Waals surface area contributed by atoms with E-state index in [-0.39, 0.29) is 30.3 Å². The summed E-state index contributed by atoms with van der Waals surface area (Å²) in [6.45, 7) is 1.47. The largest absolute Gasteiger partial charge is 0.486 e. The number of carbonyl (C=O) groups is 1. The van der Waals surface area contributed by atoms with Crippen molar-refractivity contribution in [1.29, 1.82) is 0 Å². The molecule has 1 amide bonds. The molecule has 0 radical (unpaired) electrons. The van der Waals surface area contributed by atoms with Gasteiger partial charge in [-0.05, 0) is 30.5 Å². The Hall–Kier alpha value is -1.17. The zero-order chi connectivity index (χ0) is 15.6. The number of nitrogens with one attached hydrogen (secondary N) is 1. The third kappa shape index (κ3) is 4.03. The summed E-state index contributed by atoms with van der Waals surface area (Å²) in [5, 5.41) is 3.59. The summed E-state index contributed by atoms with van der Waals surface area (Å²) < 4.78 is 11.0. The van der Waals surface area contributed by atoms with E-state index in [1.54, 1.807) is 6.07 Å². The van der Waals surface area contributed by atoms with Crippen molar-refractivity contribution in [3.63, 3.8) is 0 Å². The highest BCUT2D eigenvalue weighted by Crippen LogP contribution is 2.38. The van der Waals surface area contributed by atoms with Crippen LogP contribution in [0.15, 0.2) is 12.1 Å². The normalized spacial score (nSPS) is 18.2. The molecule has 3 rings (SSSR count). The van der Waals surface area contributed by atoms with Gasteiger partial charge in [-0.1, -0.05) is 24.4 Å². The van der Waals surface area contributed by atoms with Crippen LogP contribution in [0.2, 0.25) is 5.02 Å². The number of hydrogen-bond acceptors (Lipinski definition) is 4. The number of benzene rings is 1. The first-order valence-electron chi connectivity index (χ1n) is 7.71. The highest BCUT2D eigenvalue weighted by Gasteiger charge is 2.33. The van der Waals surface area contributed by atoms with Gasteiger partial charge in [0.05, 0.1) is 17.0 Å². The molecule has 23 heavy (non-hydrogen) atoms. The SMILES string of the molecule is Cl.NCC1(NC(=O)Cc2cc(Cl)c3c(c2)OCCO3)CCCC1. The van der Waals surface area contributed by atoms with Crippen LogP contribution in [0, 0.1) is 0 Å². The first-order valence-corrected chi connectivity index (χ1v) is 8.09. The maximum absolute atomic E-state index is 12.3. The smallest absolute Gasteiger partial charge is 0.224 e. The molecule has 0 unspecified atom stereocenters. The Morgan fingerprint density at radius 3 is 2.65 bits per heavy atom. The second-order valence-electron chi connectivity index (χ2n) is 6.02. The molecule has 0 bridgehead atoms. The summed E-state index contributed by atoms with van der Waals surface area (Å²) in [4.78, 5) is 12.3. The van der Waals surface area contributed by atoms with Crippen LogP contribution in [-0.4, -0.2) is 31.2 Å². The van der Waals surface area contributed by atoms with E-state index in [4.69, 9.17) is 26.8 Å². The van der Waals surface area contributed by atoms with Crippen LogP contribution in [0.3, 0.4) is 0 Å². The molecule has 1 aromatic carbocycles. The molecule has 0 aromatic heterocycles. The fourth-order valence-electron chi connectivity index (χ4n) is 3.22. The Bertz CT molecular complexity index is 575. The van der Waals surface area contributed by atoms with Crippen molar-refractivity contribution in [1.82, 2.24) is 5.32 Å². The fourth-order valence-corrected chi connectivity index (χ4v) is 3.51. The quantitative estimate of drug-likeness (QED) is 0.864. The molecule has 1 saturated carbocycles. The highest BCUT2D eigenvalue weighted by molar-refractivity contribution is 6.32. The van der Waals surface area contributed by atoms with Gasteiger partial charge in [-0.2, -0.15) is 0 Å². The first kappa shape index (κ1) is 18.2. The van der Waals surface area contributed by atoms with Gasteiger partial charge in [-0.25, -0.2) is 0 Å². The lowest BCUT2D eigenvalue weighted by molar-refractivity contribution is -0.122. The maximum Gasteiger partial charge on any atom is 0.224 e. The molecule has 0 saturated heterocycles. The molecular weight excluding hydrogens is 339 g/mol. The molecule has 1 heterocycles. The number of carbonyl (C=O) groups excluding carboxylic acids is 1. The average Bonchev–Trinajstić information content (AvgIpc) is 2.96. The molecule has 0 spiro atoms. The summed E-state index contributed by atoms with van der Waals surface area (Å²) in [6, 6.07) is 3.59. The van der Waals surface area contributed by atoms with E-state index >= 15 is 0 Å². The Kier molecular flexibility index (Phi) is 6.00. The van der Waals surface area contributed by atoms with Crippen molar-refractivity contribution in [3.05, 3.63) is 22.7 Å². The molecule has 1 aliphatic heterocycles. The summed E-state index contributed by atoms with van der Waals surface area (Å²) >= 11 is 6.20. The monoisotopic (exact) mass is 360 g/mol. The van der Waals surface area contributed by atoms with Crippen LogP contribution < -0.4 is 20.5 Å². The predicted octanol–water partition coefficient (Wildman–Crippen LogP) is 2.46. The Morgan fingerprint density at radius 2 is 1.96 bits per heavy atom. The van der Waals surface area contributed by atoms with Crippen LogP contribution in [0.1, 0.15) is 31.2 Å². The maximum atomic E-state index is 12.3. The average molecular weight is 361 g/mol. The predicted molar refractivity (Wildman–Crippen MR) is 91.8 cm³/mol. The van der Waals surface area contributed by atoms with Gasteiger partial charge in [0, 0.05) is 6.54 Å². The third-order valence-electron chi connectivity index (χ3n) is 4.38. The molecular formula is C16H22Cl2N2O3. The van der Waals surface area contributed by atoms with Crippen molar-refractivity contribution in [2.75, 3.05) is 19.8 Å². The van der Waals surface area contributed by atoms with E-state index in [0.717, 1.165) is 31.2 Å².